The van der Waals surface area contributed by atoms with Gasteiger partial charge in [0.1, 0.15) is 5.75 Å². The van der Waals surface area contributed by atoms with Crippen LogP contribution in [0.15, 0.2) is 46.9 Å². The fourth-order valence-electron chi connectivity index (χ4n) is 2.29. The average Bonchev–Trinajstić information content (AvgIpc) is 2.60. The third-order valence-electron chi connectivity index (χ3n) is 3.61. The van der Waals surface area contributed by atoms with Crippen LogP contribution in [0.25, 0.3) is 0 Å². The van der Waals surface area contributed by atoms with Crippen LogP contribution in [-0.4, -0.2) is 25.5 Å². The van der Waals surface area contributed by atoms with Crippen molar-refractivity contribution in [3.8, 4) is 5.75 Å². The molecular formula is C19H21BrN2O3. The fraction of sp³-hybridized carbons (Fsp3) is 0.263. The first-order chi connectivity index (χ1) is 11.9. The zero-order valence-electron chi connectivity index (χ0n) is 14.4. The first-order valence-electron chi connectivity index (χ1n) is 7.95. The molecule has 0 unspecified atom stereocenters. The Hall–Kier alpha value is -2.34. The van der Waals surface area contributed by atoms with E-state index in [9.17, 15) is 9.59 Å². The summed E-state index contributed by atoms with van der Waals surface area (Å²) in [5.74, 6) is 0.555. The van der Waals surface area contributed by atoms with Gasteiger partial charge in [0.25, 0.3) is 11.8 Å². The maximum atomic E-state index is 12.1. The van der Waals surface area contributed by atoms with Crippen molar-refractivity contribution in [1.82, 2.24) is 5.32 Å². The van der Waals surface area contributed by atoms with Gasteiger partial charge in [-0.05, 0) is 53.9 Å². The number of nitrogens with one attached hydrogen (secondary N) is 2. The number of anilines is 1. The summed E-state index contributed by atoms with van der Waals surface area (Å²) in [6.07, 6.45) is 0. The minimum atomic E-state index is -0.259. The van der Waals surface area contributed by atoms with Crippen LogP contribution in [0.1, 0.15) is 35.7 Å². The quantitative estimate of drug-likeness (QED) is 0.765. The van der Waals surface area contributed by atoms with Gasteiger partial charge in [-0.3, -0.25) is 9.59 Å². The second-order valence-corrected chi connectivity index (χ2v) is 6.75. The van der Waals surface area contributed by atoms with Crippen LogP contribution < -0.4 is 15.4 Å². The number of amides is 2. The minimum Gasteiger partial charge on any atom is -0.483 e. The van der Waals surface area contributed by atoms with Crippen molar-refractivity contribution in [1.29, 1.82) is 0 Å². The van der Waals surface area contributed by atoms with E-state index in [4.69, 9.17) is 4.74 Å². The first kappa shape index (κ1) is 19.0. The third kappa shape index (κ3) is 5.32. The summed E-state index contributed by atoms with van der Waals surface area (Å²) in [6, 6.07) is 12.4. The Morgan fingerprint density at radius 1 is 1.12 bits per heavy atom. The number of carbonyl (C=O) groups is 2. The summed E-state index contributed by atoms with van der Waals surface area (Å²) >= 11 is 3.45. The summed E-state index contributed by atoms with van der Waals surface area (Å²) < 4.78 is 6.65. The lowest BCUT2D eigenvalue weighted by Gasteiger charge is -2.14. The van der Waals surface area contributed by atoms with Crippen LogP contribution in [0, 0.1) is 0 Å². The van der Waals surface area contributed by atoms with Crippen molar-refractivity contribution in [3.63, 3.8) is 0 Å². The number of ether oxygens (including phenoxy) is 1. The highest BCUT2D eigenvalue weighted by Crippen LogP contribution is 2.29. The van der Waals surface area contributed by atoms with E-state index in [1.807, 2.05) is 18.2 Å². The lowest BCUT2D eigenvalue weighted by Crippen LogP contribution is -2.21. The molecule has 0 fully saturated rings. The summed E-state index contributed by atoms with van der Waals surface area (Å²) in [5, 5.41) is 5.30. The Balaban J connectivity index is 1.96. The Morgan fingerprint density at radius 3 is 2.40 bits per heavy atom. The van der Waals surface area contributed by atoms with Crippen LogP contribution in [-0.2, 0) is 4.79 Å². The van der Waals surface area contributed by atoms with Gasteiger partial charge in [0.2, 0.25) is 0 Å². The molecule has 0 aromatic heterocycles. The molecule has 2 rings (SSSR count). The first-order valence-corrected chi connectivity index (χ1v) is 8.74. The molecular weight excluding hydrogens is 384 g/mol. The molecule has 25 heavy (non-hydrogen) atoms. The van der Waals surface area contributed by atoms with Gasteiger partial charge in [-0.15, -0.1) is 0 Å². The molecule has 0 saturated heterocycles. The second kappa shape index (κ2) is 8.67. The van der Waals surface area contributed by atoms with Gasteiger partial charge in [-0.25, -0.2) is 0 Å². The van der Waals surface area contributed by atoms with E-state index in [-0.39, 0.29) is 24.3 Å². The SMILES string of the molecule is CNC(=O)c1ccc(NC(=O)COc2ccc(Br)cc2C(C)C)cc1. The van der Waals surface area contributed by atoms with E-state index < -0.39 is 0 Å². The van der Waals surface area contributed by atoms with Gasteiger partial charge in [-0.2, -0.15) is 0 Å². The maximum Gasteiger partial charge on any atom is 0.262 e. The highest BCUT2D eigenvalue weighted by atomic mass is 79.9. The Bertz CT molecular complexity index is 758. The van der Waals surface area contributed by atoms with Gasteiger partial charge in [0.05, 0.1) is 0 Å². The largest absolute Gasteiger partial charge is 0.483 e. The summed E-state index contributed by atoms with van der Waals surface area (Å²) in [4.78, 5) is 23.6. The van der Waals surface area contributed by atoms with E-state index in [1.165, 1.54) is 0 Å². The number of benzene rings is 2. The van der Waals surface area contributed by atoms with E-state index in [0.29, 0.717) is 17.0 Å². The number of hydrogen-bond donors (Lipinski definition) is 2. The molecule has 0 atom stereocenters. The number of carbonyl (C=O) groups excluding carboxylic acids is 2. The van der Waals surface area contributed by atoms with Gasteiger partial charge in [0.15, 0.2) is 6.61 Å². The molecule has 2 aromatic carbocycles. The van der Waals surface area contributed by atoms with Crippen molar-refractivity contribution in [2.45, 2.75) is 19.8 Å². The predicted molar refractivity (Wildman–Crippen MR) is 102 cm³/mol. The summed E-state index contributed by atoms with van der Waals surface area (Å²) in [7, 11) is 1.57. The average molecular weight is 405 g/mol. The normalized spacial score (nSPS) is 10.4. The van der Waals surface area contributed by atoms with E-state index in [0.717, 1.165) is 10.0 Å². The highest BCUT2D eigenvalue weighted by molar-refractivity contribution is 9.10. The Kier molecular flexibility index (Phi) is 6.58. The smallest absolute Gasteiger partial charge is 0.262 e. The molecule has 2 N–H and O–H groups in total. The summed E-state index contributed by atoms with van der Waals surface area (Å²) in [6.45, 7) is 4.06. The van der Waals surface area contributed by atoms with Crippen LogP contribution in [0.2, 0.25) is 0 Å². The standard InChI is InChI=1S/C19H21BrN2O3/c1-12(2)16-10-14(20)6-9-17(16)25-11-18(23)22-15-7-4-13(5-8-15)19(24)21-3/h4-10,12H,11H2,1-3H3,(H,21,24)(H,22,23). The molecule has 0 aliphatic heterocycles. The van der Waals surface area contributed by atoms with Crippen LogP contribution in [0.5, 0.6) is 5.75 Å². The van der Waals surface area contributed by atoms with E-state index >= 15 is 0 Å². The highest BCUT2D eigenvalue weighted by Gasteiger charge is 2.11. The molecule has 0 radical (unpaired) electrons. The van der Waals surface area contributed by atoms with Crippen LogP contribution in [0.4, 0.5) is 5.69 Å². The van der Waals surface area contributed by atoms with Crippen LogP contribution >= 0.6 is 15.9 Å². The number of halogens is 1. The Morgan fingerprint density at radius 2 is 1.80 bits per heavy atom. The predicted octanol–water partition coefficient (Wildman–Crippen LogP) is 3.95. The topological polar surface area (TPSA) is 67.4 Å². The zero-order valence-corrected chi connectivity index (χ0v) is 16.0. The maximum absolute atomic E-state index is 12.1. The van der Waals surface area contributed by atoms with Crippen molar-refractivity contribution < 1.29 is 14.3 Å². The molecule has 132 valence electrons. The summed E-state index contributed by atoms with van der Waals surface area (Å²) in [5.41, 5.74) is 2.19. The van der Waals surface area contributed by atoms with E-state index in [2.05, 4.69) is 40.4 Å². The molecule has 2 aromatic rings. The second-order valence-electron chi connectivity index (χ2n) is 5.83. The minimum absolute atomic E-state index is 0.0848. The van der Waals surface area contributed by atoms with Gasteiger partial charge in [0, 0.05) is 22.8 Å². The number of hydrogen-bond acceptors (Lipinski definition) is 3. The molecule has 0 bridgehead atoms. The van der Waals surface area contributed by atoms with Crippen molar-refractivity contribution in [3.05, 3.63) is 58.1 Å². The van der Waals surface area contributed by atoms with Crippen molar-refractivity contribution in [2.24, 2.45) is 0 Å². The molecule has 0 aliphatic carbocycles. The van der Waals surface area contributed by atoms with Crippen LogP contribution in [0.3, 0.4) is 0 Å². The monoisotopic (exact) mass is 404 g/mol. The molecule has 0 aliphatic rings. The zero-order chi connectivity index (χ0) is 18.4. The lowest BCUT2D eigenvalue weighted by atomic mass is 10.0. The van der Waals surface area contributed by atoms with Gasteiger partial charge >= 0.3 is 0 Å². The fourth-order valence-corrected chi connectivity index (χ4v) is 2.67. The molecule has 5 nitrogen and oxygen atoms in total. The lowest BCUT2D eigenvalue weighted by molar-refractivity contribution is -0.118. The molecule has 0 spiro atoms. The van der Waals surface area contributed by atoms with Gasteiger partial charge < -0.3 is 15.4 Å². The van der Waals surface area contributed by atoms with Crippen molar-refractivity contribution >= 4 is 33.4 Å². The number of rotatable bonds is 6. The molecule has 0 heterocycles. The molecule has 6 heteroatoms. The van der Waals surface area contributed by atoms with E-state index in [1.54, 1.807) is 31.3 Å². The Labute approximate surface area is 155 Å². The van der Waals surface area contributed by atoms with Gasteiger partial charge in [-0.1, -0.05) is 29.8 Å². The van der Waals surface area contributed by atoms with Crippen molar-refractivity contribution in [2.75, 3.05) is 19.0 Å². The molecule has 0 saturated carbocycles. The third-order valence-corrected chi connectivity index (χ3v) is 4.10. The molecule has 2 amide bonds.